The average molecular weight is 260 g/mol. The maximum absolute atomic E-state index is 11.9. The van der Waals surface area contributed by atoms with E-state index in [0.717, 1.165) is 32.4 Å². The highest BCUT2D eigenvalue weighted by Gasteiger charge is 2.33. The lowest BCUT2D eigenvalue weighted by Crippen LogP contribution is -2.47. The second kappa shape index (κ2) is 4.21. The molecule has 0 radical (unpaired) electrons. The Kier molecular flexibility index (Phi) is 3.15. The van der Waals surface area contributed by atoms with Gasteiger partial charge in [-0.2, -0.15) is 0 Å². The first-order valence-electron chi connectivity index (χ1n) is 5.61. The summed E-state index contributed by atoms with van der Waals surface area (Å²) in [4.78, 5) is 14.5. The van der Waals surface area contributed by atoms with Gasteiger partial charge in [0.1, 0.15) is 0 Å². The first kappa shape index (κ1) is 10.5. The molecule has 14 heavy (non-hydrogen) atoms. The fourth-order valence-electron chi connectivity index (χ4n) is 2.14. The van der Waals surface area contributed by atoms with Gasteiger partial charge in [0.25, 0.3) is 0 Å². The molecule has 0 aromatic rings. The second-order valence-corrected chi connectivity index (χ2v) is 5.87. The molecule has 2 fully saturated rings. The summed E-state index contributed by atoms with van der Waals surface area (Å²) >= 11 is 3.66. The van der Waals surface area contributed by atoms with E-state index < -0.39 is 0 Å². The van der Waals surface area contributed by atoms with Gasteiger partial charge in [0.05, 0.1) is 0 Å². The van der Waals surface area contributed by atoms with Crippen LogP contribution in [0.3, 0.4) is 0 Å². The summed E-state index contributed by atoms with van der Waals surface area (Å²) < 4.78 is 0. The van der Waals surface area contributed by atoms with Crippen LogP contribution in [0.4, 0.5) is 0 Å². The number of carbonyl (C=O) groups excluding carboxylic acids is 1. The molecule has 1 amide bonds. The zero-order valence-electron chi connectivity index (χ0n) is 8.71. The van der Waals surface area contributed by atoms with Gasteiger partial charge >= 0.3 is 0 Å². The molecule has 0 aromatic heterocycles. The Labute approximate surface area is 94.2 Å². The molecule has 1 saturated carbocycles. The third-order valence-electron chi connectivity index (χ3n) is 3.63. The van der Waals surface area contributed by atoms with Crippen LogP contribution in [0, 0.1) is 11.8 Å². The zero-order valence-corrected chi connectivity index (χ0v) is 10.3. The zero-order chi connectivity index (χ0) is 10.1. The van der Waals surface area contributed by atoms with Gasteiger partial charge in [-0.1, -0.05) is 29.3 Å². The number of alkyl halides is 1. The molecule has 2 rings (SSSR count). The van der Waals surface area contributed by atoms with Crippen molar-refractivity contribution in [3.05, 3.63) is 0 Å². The van der Waals surface area contributed by atoms with Gasteiger partial charge in [0.2, 0.25) is 5.91 Å². The summed E-state index contributed by atoms with van der Waals surface area (Å²) in [6.07, 6.45) is 4.64. The minimum absolute atomic E-state index is 0.364. The van der Waals surface area contributed by atoms with Crippen molar-refractivity contribution in [2.24, 2.45) is 11.8 Å². The lowest BCUT2D eigenvalue weighted by atomic mass is 9.83. The van der Waals surface area contributed by atoms with Crippen LogP contribution in [0.1, 0.15) is 32.6 Å². The van der Waals surface area contributed by atoms with Crippen LogP contribution in [0.5, 0.6) is 0 Å². The molecule has 0 bridgehead atoms. The molecule has 0 N–H and O–H groups in total. The largest absolute Gasteiger partial charge is 0.341 e. The van der Waals surface area contributed by atoms with Crippen LogP contribution < -0.4 is 0 Å². The molecule has 2 unspecified atom stereocenters. The van der Waals surface area contributed by atoms with Crippen molar-refractivity contribution in [2.75, 3.05) is 13.1 Å². The number of piperidine rings is 1. The molecule has 3 heteroatoms. The third kappa shape index (κ3) is 1.97. The van der Waals surface area contributed by atoms with Gasteiger partial charge < -0.3 is 4.90 Å². The Morgan fingerprint density at radius 3 is 2.57 bits per heavy atom. The van der Waals surface area contributed by atoms with Crippen LogP contribution >= 0.6 is 15.9 Å². The molecule has 1 saturated heterocycles. The molecule has 80 valence electrons. The van der Waals surface area contributed by atoms with E-state index in [1.54, 1.807) is 0 Å². The Morgan fingerprint density at radius 1 is 1.36 bits per heavy atom. The van der Waals surface area contributed by atoms with Crippen LogP contribution in [-0.4, -0.2) is 28.7 Å². The van der Waals surface area contributed by atoms with Crippen molar-refractivity contribution in [2.45, 2.75) is 37.4 Å². The predicted octanol–water partition coefficient (Wildman–Crippen LogP) is 2.42. The molecule has 2 atom stereocenters. The highest BCUT2D eigenvalue weighted by Crippen LogP contribution is 2.31. The Morgan fingerprint density at radius 2 is 2.07 bits per heavy atom. The van der Waals surface area contributed by atoms with E-state index in [9.17, 15) is 4.79 Å². The molecule has 0 aromatic carbocycles. The highest BCUT2D eigenvalue weighted by molar-refractivity contribution is 9.09. The second-order valence-electron chi connectivity index (χ2n) is 4.69. The summed E-state index contributed by atoms with van der Waals surface area (Å²) in [6.45, 7) is 4.14. The van der Waals surface area contributed by atoms with Crippen LogP contribution in [0.2, 0.25) is 0 Å². The lowest BCUT2D eigenvalue weighted by molar-refractivity contribution is -0.139. The standard InChI is InChI=1S/C11H18BrNO/c1-8-5-6-13(7-10(8)12)11(14)9-3-2-4-9/h8-10H,2-7H2,1H3. The molecule has 1 aliphatic carbocycles. The SMILES string of the molecule is CC1CCN(C(=O)C2CCC2)CC1Br. The first-order valence-corrected chi connectivity index (χ1v) is 6.53. The van der Waals surface area contributed by atoms with Crippen LogP contribution in [0.25, 0.3) is 0 Å². The first-order chi connectivity index (χ1) is 6.68. The lowest BCUT2D eigenvalue weighted by Gasteiger charge is -2.38. The number of hydrogen-bond donors (Lipinski definition) is 0. The van der Waals surface area contributed by atoms with Gasteiger partial charge in [-0.3, -0.25) is 4.79 Å². The van der Waals surface area contributed by atoms with Crippen LogP contribution in [0.15, 0.2) is 0 Å². The van der Waals surface area contributed by atoms with Crippen molar-refractivity contribution < 1.29 is 4.79 Å². The number of nitrogens with zero attached hydrogens (tertiary/aromatic N) is 1. The van der Waals surface area contributed by atoms with Gasteiger partial charge in [0.15, 0.2) is 0 Å². The van der Waals surface area contributed by atoms with Gasteiger partial charge in [-0.25, -0.2) is 0 Å². The number of carbonyl (C=O) groups is 1. The van der Waals surface area contributed by atoms with E-state index in [-0.39, 0.29) is 0 Å². The molecule has 1 aliphatic heterocycles. The summed E-state index contributed by atoms with van der Waals surface area (Å²) in [7, 11) is 0. The third-order valence-corrected chi connectivity index (χ3v) is 4.82. The molecule has 1 heterocycles. The predicted molar refractivity (Wildman–Crippen MR) is 60.4 cm³/mol. The quantitative estimate of drug-likeness (QED) is 0.663. The maximum Gasteiger partial charge on any atom is 0.225 e. The smallest absolute Gasteiger partial charge is 0.225 e. The molecule has 2 nitrogen and oxygen atoms in total. The van der Waals surface area contributed by atoms with E-state index in [1.807, 2.05) is 0 Å². The number of rotatable bonds is 1. The van der Waals surface area contributed by atoms with Crippen molar-refractivity contribution in [1.29, 1.82) is 0 Å². The van der Waals surface area contributed by atoms with Crippen LogP contribution in [-0.2, 0) is 4.79 Å². The summed E-state index contributed by atoms with van der Waals surface area (Å²) in [5.41, 5.74) is 0. The van der Waals surface area contributed by atoms with E-state index in [0.29, 0.717) is 22.6 Å². The number of likely N-dealkylation sites (tertiary alicyclic amines) is 1. The monoisotopic (exact) mass is 259 g/mol. The summed E-state index contributed by atoms with van der Waals surface area (Å²) in [5.74, 6) is 1.48. The maximum atomic E-state index is 11.9. The molecule has 0 spiro atoms. The van der Waals surface area contributed by atoms with Gasteiger partial charge in [0, 0.05) is 23.8 Å². The topological polar surface area (TPSA) is 20.3 Å². The summed E-state index contributed by atoms with van der Waals surface area (Å²) in [6, 6.07) is 0. The van der Waals surface area contributed by atoms with E-state index in [4.69, 9.17) is 0 Å². The number of halogens is 1. The fourth-order valence-corrected chi connectivity index (χ4v) is 2.75. The Hall–Kier alpha value is -0.0500. The van der Waals surface area contributed by atoms with Crippen molar-refractivity contribution in [3.8, 4) is 0 Å². The molecular weight excluding hydrogens is 242 g/mol. The van der Waals surface area contributed by atoms with E-state index in [2.05, 4.69) is 27.8 Å². The minimum atomic E-state index is 0.364. The van der Waals surface area contributed by atoms with Crippen molar-refractivity contribution >= 4 is 21.8 Å². The van der Waals surface area contributed by atoms with Crippen molar-refractivity contribution in [3.63, 3.8) is 0 Å². The van der Waals surface area contributed by atoms with Gasteiger partial charge in [-0.15, -0.1) is 0 Å². The highest BCUT2D eigenvalue weighted by atomic mass is 79.9. The van der Waals surface area contributed by atoms with E-state index in [1.165, 1.54) is 6.42 Å². The van der Waals surface area contributed by atoms with Gasteiger partial charge in [-0.05, 0) is 25.2 Å². The number of amides is 1. The Balaban J connectivity index is 1.88. The molecule has 2 aliphatic rings. The number of hydrogen-bond acceptors (Lipinski definition) is 1. The van der Waals surface area contributed by atoms with Crippen molar-refractivity contribution in [1.82, 2.24) is 4.90 Å². The normalized spacial score (nSPS) is 34.0. The van der Waals surface area contributed by atoms with E-state index >= 15 is 0 Å². The average Bonchev–Trinajstić information content (AvgIpc) is 2.06. The summed E-state index contributed by atoms with van der Waals surface area (Å²) in [5, 5.41) is 0. The Bertz CT molecular complexity index is 227. The fraction of sp³-hybridized carbons (Fsp3) is 0.909. The molecular formula is C11H18BrNO. The minimum Gasteiger partial charge on any atom is -0.341 e.